The lowest BCUT2D eigenvalue weighted by Crippen LogP contribution is -2.27. The average molecular weight is 205 g/mol. The highest BCUT2D eigenvalue weighted by atomic mass is 16.6. The Hall–Kier alpha value is -1.45. The van der Waals surface area contributed by atoms with Crippen molar-refractivity contribution in [2.45, 2.75) is 12.8 Å². The fourth-order valence-corrected chi connectivity index (χ4v) is 3.41. The van der Waals surface area contributed by atoms with Gasteiger partial charge in [0.2, 0.25) is 0 Å². The molecule has 0 spiro atoms. The molecule has 0 aromatic rings. The molecule has 2 bridgehead atoms. The van der Waals surface area contributed by atoms with E-state index in [9.17, 15) is 14.9 Å². The Morgan fingerprint density at radius 2 is 2.07 bits per heavy atom. The number of nitrogens with zero attached hydrogens (tertiary/aromatic N) is 1. The first kappa shape index (κ1) is 8.83. The van der Waals surface area contributed by atoms with Crippen LogP contribution >= 0.6 is 0 Å². The van der Waals surface area contributed by atoms with Gasteiger partial charge in [0.25, 0.3) is 5.70 Å². The first-order chi connectivity index (χ1) is 7.20. The molecule has 3 rings (SSSR count). The van der Waals surface area contributed by atoms with Gasteiger partial charge in [0.1, 0.15) is 5.78 Å². The number of rotatable bonds is 1. The van der Waals surface area contributed by atoms with Gasteiger partial charge in [-0.3, -0.25) is 14.9 Å². The molecule has 2 saturated carbocycles. The predicted molar refractivity (Wildman–Crippen MR) is 52.4 cm³/mol. The van der Waals surface area contributed by atoms with Crippen molar-refractivity contribution in [2.24, 2.45) is 23.7 Å². The van der Waals surface area contributed by atoms with Gasteiger partial charge in [-0.1, -0.05) is 12.2 Å². The van der Waals surface area contributed by atoms with Gasteiger partial charge in [0.05, 0.1) is 10.8 Å². The largest absolute Gasteiger partial charge is 0.299 e. The number of nitro groups is 1. The molecule has 4 atom stereocenters. The first-order valence-electron chi connectivity index (χ1n) is 5.26. The van der Waals surface area contributed by atoms with E-state index in [1.807, 2.05) is 6.08 Å². The molecule has 4 nitrogen and oxygen atoms in total. The number of hydrogen-bond donors (Lipinski definition) is 0. The van der Waals surface area contributed by atoms with Crippen molar-refractivity contribution in [1.29, 1.82) is 0 Å². The minimum Gasteiger partial charge on any atom is -0.299 e. The standard InChI is InChI=1S/C11H11NO3/c13-11-7-4-5-8(11)10-6(7)2-1-3-9(10)12(14)15/h1-3,6-8,10H,4-5H2. The molecule has 0 aromatic carbocycles. The van der Waals surface area contributed by atoms with Crippen LogP contribution in [0.3, 0.4) is 0 Å². The molecular formula is C11H11NO3. The van der Waals surface area contributed by atoms with Crippen LogP contribution in [0.2, 0.25) is 0 Å². The number of carbonyl (C=O) groups excluding carboxylic acids is 1. The summed E-state index contributed by atoms with van der Waals surface area (Å²) >= 11 is 0. The summed E-state index contributed by atoms with van der Waals surface area (Å²) in [4.78, 5) is 22.4. The zero-order chi connectivity index (χ0) is 10.6. The molecule has 0 N–H and O–H groups in total. The molecular weight excluding hydrogens is 194 g/mol. The zero-order valence-corrected chi connectivity index (χ0v) is 8.13. The van der Waals surface area contributed by atoms with Crippen molar-refractivity contribution in [1.82, 2.24) is 0 Å². The molecule has 15 heavy (non-hydrogen) atoms. The molecule has 78 valence electrons. The summed E-state index contributed by atoms with van der Waals surface area (Å²) in [6.45, 7) is 0. The number of allylic oxidation sites excluding steroid dienone is 4. The lowest BCUT2D eigenvalue weighted by Gasteiger charge is -2.26. The highest BCUT2D eigenvalue weighted by molar-refractivity contribution is 5.89. The van der Waals surface area contributed by atoms with Crippen LogP contribution in [-0.4, -0.2) is 10.7 Å². The topological polar surface area (TPSA) is 60.2 Å². The number of hydrogen-bond acceptors (Lipinski definition) is 3. The van der Waals surface area contributed by atoms with Crippen molar-refractivity contribution in [3.8, 4) is 0 Å². The van der Waals surface area contributed by atoms with Crippen molar-refractivity contribution >= 4 is 5.78 Å². The molecule has 0 saturated heterocycles. The van der Waals surface area contributed by atoms with E-state index in [1.54, 1.807) is 12.2 Å². The van der Waals surface area contributed by atoms with Crippen molar-refractivity contribution in [3.63, 3.8) is 0 Å². The van der Waals surface area contributed by atoms with E-state index in [4.69, 9.17) is 0 Å². The molecule has 0 radical (unpaired) electrons. The summed E-state index contributed by atoms with van der Waals surface area (Å²) in [6.07, 6.45) is 7.01. The summed E-state index contributed by atoms with van der Waals surface area (Å²) in [7, 11) is 0. The van der Waals surface area contributed by atoms with Gasteiger partial charge in [0.15, 0.2) is 0 Å². The SMILES string of the molecule is O=C1C2CCC1C1C([N+](=O)[O-])=CC=CC21. The third-order valence-electron chi connectivity index (χ3n) is 3.99. The number of carbonyl (C=O) groups is 1. The highest BCUT2D eigenvalue weighted by Crippen LogP contribution is 2.54. The first-order valence-corrected chi connectivity index (χ1v) is 5.26. The molecule has 0 aliphatic heterocycles. The summed E-state index contributed by atoms with van der Waals surface area (Å²) in [6, 6.07) is 0. The van der Waals surface area contributed by atoms with E-state index in [0.717, 1.165) is 12.8 Å². The molecule has 0 amide bonds. The molecule has 4 heteroatoms. The third kappa shape index (κ3) is 0.991. The van der Waals surface area contributed by atoms with Crippen LogP contribution in [0.15, 0.2) is 23.9 Å². The second-order valence-electron chi connectivity index (χ2n) is 4.53. The van der Waals surface area contributed by atoms with E-state index < -0.39 is 0 Å². The maximum atomic E-state index is 11.8. The Bertz CT molecular complexity index is 410. The van der Waals surface area contributed by atoms with Crippen LogP contribution in [0.1, 0.15) is 12.8 Å². The smallest absolute Gasteiger partial charge is 0.250 e. The van der Waals surface area contributed by atoms with Crippen molar-refractivity contribution in [2.75, 3.05) is 0 Å². The van der Waals surface area contributed by atoms with E-state index in [2.05, 4.69) is 0 Å². The van der Waals surface area contributed by atoms with Gasteiger partial charge >= 0.3 is 0 Å². The second kappa shape index (κ2) is 2.78. The molecule has 3 aliphatic carbocycles. The summed E-state index contributed by atoms with van der Waals surface area (Å²) in [5.74, 6) is 0.184. The Kier molecular flexibility index (Phi) is 1.63. The number of ketones is 1. The van der Waals surface area contributed by atoms with Crippen LogP contribution in [-0.2, 0) is 4.79 Å². The van der Waals surface area contributed by atoms with E-state index >= 15 is 0 Å². The van der Waals surface area contributed by atoms with Crippen molar-refractivity contribution in [3.05, 3.63) is 34.0 Å². The van der Waals surface area contributed by atoms with Crippen LogP contribution in [0.4, 0.5) is 0 Å². The Labute approximate surface area is 86.8 Å². The Balaban J connectivity index is 2.04. The third-order valence-corrected chi connectivity index (χ3v) is 3.99. The average Bonchev–Trinajstić information content (AvgIpc) is 2.72. The van der Waals surface area contributed by atoms with Crippen LogP contribution in [0.5, 0.6) is 0 Å². The molecule has 4 unspecified atom stereocenters. The van der Waals surface area contributed by atoms with Gasteiger partial charge in [-0.25, -0.2) is 0 Å². The van der Waals surface area contributed by atoms with Crippen LogP contribution in [0.25, 0.3) is 0 Å². The number of fused-ring (bicyclic) bond motifs is 5. The zero-order valence-electron chi connectivity index (χ0n) is 8.13. The molecule has 0 aromatic heterocycles. The van der Waals surface area contributed by atoms with E-state index in [1.165, 1.54) is 0 Å². The van der Waals surface area contributed by atoms with Gasteiger partial charge in [-0.05, 0) is 12.8 Å². The predicted octanol–water partition coefficient (Wildman–Crippen LogP) is 1.56. The fraction of sp³-hybridized carbons (Fsp3) is 0.545. The van der Waals surface area contributed by atoms with Gasteiger partial charge < -0.3 is 0 Å². The molecule has 0 heterocycles. The monoisotopic (exact) mass is 205 g/mol. The maximum Gasteiger partial charge on any atom is 0.250 e. The van der Waals surface area contributed by atoms with Crippen LogP contribution in [0, 0.1) is 33.8 Å². The van der Waals surface area contributed by atoms with Gasteiger partial charge in [0, 0.05) is 23.8 Å². The summed E-state index contributed by atoms with van der Waals surface area (Å²) in [5, 5.41) is 10.9. The normalized spacial score (nSPS) is 41.6. The molecule has 3 aliphatic rings. The minimum atomic E-state index is -0.324. The summed E-state index contributed by atoms with van der Waals surface area (Å²) in [5.41, 5.74) is 0.239. The van der Waals surface area contributed by atoms with Gasteiger partial charge in [-0.15, -0.1) is 0 Å². The van der Waals surface area contributed by atoms with Gasteiger partial charge in [-0.2, -0.15) is 0 Å². The molecule has 2 fully saturated rings. The maximum absolute atomic E-state index is 11.8. The van der Waals surface area contributed by atoms with E-state index in [0.29, 0.717) is 0 Å². The van der Waals surface area contributed by atoms with E-state index in [-0.39, 0.29) is 40.1 Å². The minimum absolute atomic E-state index is 0.0555. The fourth-order valence-electron chi connectivity index (χ4n) is 3.41. The summed E-state index contributed by atoms with van der Waals surface area (Å²) < 4.78 is 0. The lowest BCUT2D eigenvalue weighted by molar-refractivity contribution is -0.436. The quantitative estimate of drug-likeness (QED) is 0.482. The van der Waals surface area contributed by atoms with Crippen LogP contribution < -0.4 is 0 Å². The Morgan fingerprint density at radius 3 is 2.80 bits per heavy atom. The number of Topliss-reactive ketones (excluding diaryl/α,β-unsaturated/α-hetero) is 1. The lowest BCUT2D eigenvalue weighted by atomic mass is 9.75. The highest BCUT2D eigenvalue weighted by Gasteiger charge is 2.57. The van der Waals surface area contributed by atoms with Crippen molar-refractivity contribution < 1.29 is 9.72 Å². The Morgan fingerprint density at radius 1 is 1.33 bits per heavy atom. The second-order valence-corrected chi connectivity index (χ2v) is 4.53.